The number of aliphatic hydroxyl groups is 2. The number of hydrogen-bond donors (Lipinski definition) is 3. The van der Waals surface area contributed by atoms with Crippen molar-refractivity contribution in [3.05, 3.63) is 36.5 Å². The van der Waals surface area contributed by atoms with E-state index in [2.05, 4.69) is 43.5 Å². The van der Waals surface area contributed by atoms with Crippen LogP contribution >= 0.6 is 0 Å². The van der Waals surface area contributed by atoms with Gasteiger partial charge in [0.1, 0.15) is 0 Å². The minimum absolute atomic E-state index is 0.00363. The minimum Gasteiger partial charge on any atom is -0.466 e. The van der Waals surface area contributed by atoms with Gasteiger partial charge in [-0.25, -0.2) is 0 Å². The van der Waals surface area contributed by atoms with Crippen molar-refractivity contribution in [2.45, 2.75) is 315 Å². The molecule has 0 aromatic rings. The fraction of sp³-hybridized carbons (Fsp3) is 0.864. The van der Waals surface area contributed by atoms with E-state index in [4.69, 9.17) is 4.74 Å². The number of esters is 1. The number of allylic oxidation sites excluding steroid dienone is 5. The molecule has 6 nitrogen and oxygen atoms in total. The Balaban J connectivity index is 3.39. The van der Waals surface area contributed by atoms with E-state index in [1.165, 1.54) is 231 Å². The molecule has 0 fully saturated rings. The van der Waals surface area contributed by atoms with Crippen LogP contribution in [0.5, 0.6) is 0 Å². The summed E-state index contributed by atoms with van der Waals surface area (Å²) in [7, 11) is 0. The summed E-state index contributed by atoms with van der Waals surface area (Å²) in [4.78, 5) is 24.4. The molecule has 0 spiro atoms. The number of rotatable bonds is 53. The lowest BCUT2D eigenvalue weighted by atomic mass is 10.0. The molecule has 0 aromatic heterocycles. The zero-order chi connectivity index (χ0) is 47.2. The second-order valence-corrected chi connectivity index (χ2v) is 19.6. The van der Waals surface area contributed by atoms with Gasteiger partial charge >= 0.3 is 5.97 Å². The smallest absolute Gasteiger partial charge is 0.305 e. The number of hydrogen-bond acceptors (Lipinski definition) is 5. The molecular weight excluding hydrogens is 803 g/mol. The molecule has 0 saturated heterocycles. The quantitative estimate of drug-likeness (QED) is 0.0321. The third-order valence-corrected chi connectivity index (χ3v) is 13.1. The second kappa shape index (κ2) is 54.7. The molecule has 2 atom stereocenters. The summed E-state index contributed by atoms with van der Waals surface area (Å²) in [6.45, 7) is 4.87. The van der Waals surface area contributed by atoms with Gasteiger partial charge in [-0.05, 0) is 83.5 Å². The predicted octanol–water partition coefficient (Wildman–Crippen LogP) is 17.6. The molecule has 0 heterocycles. The third kappa shape index (κ3) is 51.3. The maximum Gasteiger partial charge on any atom is 0.305 e. The van der Waals surface area contributed by atoms with Crippen molar-refractivity contribution in [1.29, 1.82) is 0 Å². The highest BCUT2D eigenvalue weighted by Gasteiger charge is 2.18. The monoisotopic (exact) mass is 914 g/mol. The zero-order valence-corrected chi connectivity index (χ0v) is 43.5. The van der Waals surface area contributed by atoms with Gasteiger partial charge in [0.05, 0.1) is 25.4 Å². The Bertz CT molecular complexity index is 1060. The Morgan fingerprint density at radius 1 is 0.415 bits per heavy atom. The van der Waals surface area contributed by atoms with Crippen molar-refractivity contribution in [2.24, 2.45) is 0 Å². The summed E-state index contributed by atoms with van der Waals surface area (Å²) < 4.78 is 5.48. The number of unbranched alkanes of at least 4 members (excludes halogenated alkanes) is 38. The van der Waals surface area contributed by atoms with Crippen LogP contribution in [0.4, 0.5) is 0 Å². The fourth-order valence-corrected chi connectivity index (χ4v) is 8.68. The van der Waals surface area contributed by atoms with Gasteiger partial charge in [-0.15, -0.1) is 0 Å². The van der Waals surface area contributed by atoms with Crippen LogP contribution in [-0.2, 0) is 14.3 Å². The molecule has 0 aromatic carbocycles. The molecule has 65 heavy (non-hydrogen) atoms. The number of aliphatic hydroxyl groups excluding tert-OH is 2. The van der Waals surface area contributed by atoms with Crippen molar-refractivity contribution in [1.82, 2.24) is 5.32 Å². The maximum absolute atomic E-state index is 12.4. The Hall–Kier alpha value is -1.92. The van der Waals surface area contributed by atoms with Gasteiger partial charge in [-0.2, -0.15) is 0 Å². The molecule has 0 radical (unpaired) electrons. The number of ether oxygens (including phenoxy) is 1. The molecule has 382 valence electrons. The van der Waals surface area contributed by atoms with Crippen LogP contribution in [0.25, 0.3) is 0 Å². The van der Waals surface area contributed by atoms with E-state index in [9.17, 15) is 19.8 Å². The number of carbonyl (C=O) groups is 2. The summed E-state index contributed by atoms with van der Waals surface area (Å²) in [6.07, 6.45) is 67.5. The maximum atomic E-state index is 12.4. The van der Waals surface area contributed by atoms with E-state index in [0.29, 0.717) is 19.4 Å². The molecule has 0 bridgehead atoms. The highest BCUT2D eigenvalue weighted by molar-refractivity contribution is 5.76. The summed E-state index contributed by atoms with van der Waals surface area (Å²) in [5.74, 6) is -0.0719. The molecule has 0 aliphatic carbocycles. The standard InChI is InChI=1S/C59H111NO5/c1-3-5-7-9-11-13-14-15-26-30-33-37-41-45-49-53-59(64)65-54-50-46-42-38-34-31-28-25-23-21-19-17-16-18-20-22-24-27-29-32-36-40-44-48-52-58(63)60-56(55-61)57(62)51-47-43-39-35-12-10-8-6-4-2/h15,18,20,26,47,51,56-57,61-62H,3-14,16-17,19,21-25,27-46,48-50,52-55H2,1-2H3,(H,60,63)/b20-18-,26-15-,51-47+. The summed E-state index contributed by atoms with van der Waals surface area (Å²) in [5.41, 5.74) is 0. The molecule has 6 heteroatoms. The van der Waals surface area contributed by atoms with Crippen LogP contribution in [0.15, 0.2) is 36.5 Å². The highest BCUT2D eigenvalue weighted by atomic mass is 16.5. The molecule has 0 rings (SSSR count). The van der Waals surface area contributed by atoms with Crippen molar-refractivity contribution in [2.75, 3.05) is 13.2 Å². The predicted molar refractivity (Wildman–Crippen MR) is 283 cm³/mol. The molecule has 1 amide bonds. The van der Waals surface area contributed by atoms with E-state index in [0.717, 1.165) is 44.9 Å². The lowest BCUT2D eigenvalue weighted by Gasteiger charge is -2.20. The molecule has 0 aliphatic heterocycles. The van der Waals surface area contributed by atoms with Crippen molar-refractivity contribution in [3.63, 3.8) is 0 Å². The van der Waals surface area contributed by atoms with Gasteiger partial charge in [-0.3, -0.25) is 9.59 Å². The lowest BCUT2D eigenvalue weighted by molar-refractivity contribution is -0.143. The van der Waals surface area contributed by atoms with Gasteiger partial charge in [0.25, 0.3) is 0 Å². The topological polar surface area (TPSA) is 95.9 Å². The van der Waals surface area contributed by atoms with E-state index >= 15 is 0 Å². The molecular formula is C59H111NO5. The van der Waals surface area contributed by atoms with Crippen molar-refractivity contribution >= 4 is 11.9 Å². The minimum atomic E-state index is -0.845. The first kappa shape index (κ1) is 63.1. The Labute approximate surface area is 404 Å². The van der Waals surface area contributed by atoms with Gasteiger partial charge in [0.2, 0.25) is 5.91 Å². The highest BCUT2D eigenvalue weighted by Crippen LogP contribution is 2.16. The SMILES string of the molecule is CCCCCCCC/C=C\CCCCCCCC(=O)OCCCCCCCCCCCCCC/C=C\CCCCCCCCCCC(=O)NC(CO)C(O)/C=C/CCCCCCCCC. The Morgan fingerprint density at radius 2 is 0.723 bits per heavy atom. The zero-order valence-electron chi connectivity index (χ0n) is 43.5. The molecule has 0 saturated carbocycles. The largest absolute Gasteiger partial charge is 0.466 e. The normalized spacial score (nSPS) is 12.9. The van der Waals surface area contributed by atoms with Crippen LogP contribution in [0.2, 0.25) is 0 Å². The first-order chi connectivity index (χ1) is 32.0. The van der Waals surface area contributed by atoms with Crippen LogP contribution in [0.3, 0.4) is 0 Å². The number of nitrogens with one attached hydrogen (secondary N) is 1. The first-order valence-electron chi connectivity index (χ1n) is 28.8. The van der Waals surface area contributed by atoms with E-state index < -0.39 is 12.1 Å². The van der Waals surface area contributed by atoms with Gasteiger partial charge in [0, 0.05) is 12.8 Å². The van der Waals surface area contributed by atoms with Crippen molar-refractivity contribution < 1.29 is 24.5 Å². The van der Waals surface area contributed by atoms with Crippen LogP contribution in [0.1, 0.15) is 303 Å². The van der Waals surface area contributed by atoms with Gasteiger partial charge in [-0.1, -0.05) is 243 Å². The first-order valence-corrected chi connectivity index (χ1v) is 28.8. The number of amides is 1. The second-order valence-electron chi connectivity index (χ2n) is 19.6. The fourth-order valence-electron chi connectivity index (χ4n) is 8.68. The summed E-state index contributed by atoms with van der Waals surface area (Å²) in [5, 5.41) is 22.9. The lowest BCUT2D eigenvalue weighted by Crippen LogP contribution is -2.45. The third-order valence-electron chi connectivity index (χ3n) is 13.1. The summed E-state index contributed by atoms with van der Waals surface area (Å²) >= 11 is 0. The van der Waals surface area contributed by atoms with Gasteiger partial charge in [0.15, 0.2) is 0 Å². The van der Waals surface area contributed by atoms with Crippen molar-refractivity contribution in [3.8, 4) is 0 Å². The van der Waals surface area contributed by atoms with E-state index in [1.54, 1.807) is 6.08 Å². The Kier molecular flexibility index (Phi) is 53.1. The molecule has 2 unspecified atom stereocenters. The molecule has 0 aliphatic rings. The van der Waals surface area contributed by atoms with E-state index in [-0.39, 0.29) is 18.5 Å². The Morgan fingerprint density at radius 3 is 1.09 bits per heavy atom. The number of carbonyl (C=O) groups excluding carboxylic acids is 2. The van der Waals surface area contributed by atoms with Crippen LogP contribution < -0.4 is 5.32 Å². The average molecular weight is 915 g/mol. The van der Waals surface area contributed by atoms with Gasteiger partial charge < -0.3 is 20.3 Å². The average Bonchev–Trinajstić information content (AvgIpc) is 3.31. The summed E-state index contributed by atoms with van der Waals surface area (Å²) in [6, 6.07) is -0.629. The van der Waals surface area contributed by atoms with E-state index in [1.807, 2.05) is 6.08 Å². The van der Waals surface area contributed by atoms with Crippen LogP contribution in [-0.4, -0.2) is 47.4 Å². The van der Waals surface area contributed by atoms with Crippen LogP contribution in [0, 0.1) is 0 Å². The molecule has 3 N–H and O–H groups in total.